The summed E-state index contributed by atoms with van der Waals surface area (Å²) in [6, 6.07) is 8.05. The quantitative estimate of drug-likeness (QED) is 0.640. The van der Waals surface area contributed by atoms with Gasteiger partial charge in [0.05, 0.1) is 0 Å². The highest BCUT2D eigenvalue weighted by atomic mass is 16.2. The molecule has 1 saturated carbocycles. The average molecular weight is 300 g/mol. The Bertz CT molecular complexity index is 548. The van der Waals surface area contributed by atoms with Crippen LogP contribution in [0.2, 0.25) is 0 Å². The van der Waals surface area contributed by atoms with Crippen molar-refractivity contribution in [3.8, 4) is 0 Å². The molecule has 2 aliphatic rings. The fraction of sp³-hybridized carbons (Fsp3) is 0.556. The normalized spacial score (nSPS) is 19.2. The summed E-state index contributed by atoms with van der Waals surface area (Å²) in [5, 5.41) is 2.96. The molecule has 4 heteroatoms. The smallest absolute Gasteiger partial charge is 0.316 e. The standard InChI is InChI=1S/C18H24N2O2/c21-17(19-15-10-3-1-2-4-11-15)18(22)20-13-7-9-14-8-5-6-12-16(14)20/h5-6,8,12,15H,1-4,7,9-11,13H2,(H,19,21). The Kier molecular flexibility index (Phi) is 4.76. The van der Waals surface area contributed by atoms with E-state index in [0.717, 1.165) is 49.8 Å². The fourth-order valence-electron chi connectivity index (χ4n) is 3.54. The summed E-state index contributed by atoms with van der Waals surface area (Å²) >= 11 is 0. The molecule has 1 aromatic rings. The van der Waals surface area contributed by atoms with Crippen LogP contribution in [-0.2, 0) is 16.0 Å². The highest BCUT2D eigenvalue weighted by Gasteiger charge is 2.28. The fourth-order valence-corrected chi connectivity index (χ4v) is 3.54. The number of carbonyl (C=O) groups is 2. The van der Waals surface area contributed by atoms with Crippen molar-refractivity contribution in [3.05, 3.63) is 29.8 Å². The highest BCUT2D eigenvalue weighted by molar-refractivity contribution is 6.40. The molecule has 118 valence electrons. The van der Waals surface area contributed by atoms with Crippen LogP contribution in [0.15, 0.2) is 24.3 Å². The van der Waals surface area contributed by atoms with Crippen LogP contribution in [0.4, 0.5) is 5.69 Å². The van der Waals surface area contributed by atoms with Gasteiger partial charge in [-0.25, -0.2) is 0 Å². The molecule has 4 nitrogen and oxygen atoms in total. The van der Waals surface area contributed by atoms with Crippen molar-refractivity contribution >= 4 is 17.5 Å². The molecule has 22 heavy (non-hydrogen) atoms. The number of nitrogens with one attached hydrogen (secondary N) is 1. The topological polar surface area (TPSA) is 49.4 Å². The molecular weight excluding hydrogens is 276 g/mol. The maximum atomic E-state index is 12.5. The summed E-state index contributed by atoms with van der Waals surface area (Å²) in [6.45, 7) is 0.633. The van der Waals surface area contributed by atoms with Crippen LogP contribution in [0.3, 0.4) is 0 Å². The molecule has 1 aromatic carbocycles. The van der Waals surface area contributed by atoms with Crippen molar-refractivity contribution < 1.29 is 9.59 Å². The minimum Gasteiger partial charge on any atom is -0.345 e. The van der Waals surface area contributed by atoms with E-state index in [1.807, 2.05) is 24.3 Å². The van der Waals surface area contributed by atoms with Gasteiger partial charge in [0.15, 0.2) is 0 Å². The number of hydrogen-bond donors (Lipinski definition) is 1. The molecule has 1 aliphatic carbocycles. The van der Waals surface area contributed by atoms with Gasteiger partial charge >= 0.3 is 11.8 Å². The molecule has 0 atom stereocenters. The molecule has 3 rings (SSSR count). The zero-order valence-corrected chi connectivity index (χ0v) is 13.0. The van der Waals surface area contributed by atoms with Crippen LogP contribution >= 0.6 is 0 Å². The van der Waals surface area contributed by atoms with Gasteiger partial charge in [0, 0.05) is 18.3 Å². The van der Waals surface area contributed by atoms with E-state index in [0.29, 0.717) is 6.54 Å². The molecule has 1 fully saturated rings. The molecule has 0 aromatic heterocycles. The van der Waals surface area contributed by atoms with Gasteiger partial charge in [-0.15, -0.1) is 0 Å². The Morgan fingerprint density at radius 3 is 2.50 bits per heavy atom. The predicted molar refractivity (Wildman–Crippen MR) is 86.7 cm³/mol. The van der Waals surface area contributed by atoms with Gasteiger partial charge in [-0.1, -0.05) is 43.9 Å². The molecule has 2 amide bonds. The minimum atomic E-state index is -0.441. The maximum Gasteiger partial charge on any atom is 0.316 e. The van der Waals surface area contributed by atoms with Gasteiger partial charge in [0.1, 0.15) is 0 Å². The second-order valence-corrected chi connectivity index (χ2v) is 6.35. The number of anilines is 1. The third kappa shape index (κ3) is 3.32. The zero-order valence-electron chi connectivity index (χ0n) is 13.0. The first-order valence-electron chi connectivity index (χ1n) is 8.46. The largest absolute Gasteiger partial charge is 0.345 e. The first-order valence-corrected chi connectivity index (χ1v) is 8.46. The number of aryl methyl sites for hydroxylation is 1. The molecule has 0 unspecified atom stereocenters. The maximum absolute atomic E-state index is 12.5. The number of carbonyl (C=O) groups excluding carboxylic acids is 2. The summed E-state index contributed by atoms with van der Waals surface area (Å²) < 4.78 is 0. The molecule has 0 saturated heterocycles. The molecule has 0 radical (unpaired) electrons. The van der Waals surface area contributed by atoms with E-state index in [1.165, 1.54) is 12.8 Å². The number of nitrogens with zero attached hydrogens (tertiary/aromatic N) is 1. The van der Waals surface area contributed by atoms with Crippen molar-refractivity contribution in [1.82, 2.24) is 5.32 Å². The van der Waals surface area contributed by atoms with Crippen molar-refractivity contribution in [3.63, 3.8) is 0 Å². The number of amides is 2. The Labute approximate surface area is 131 Å². The van der Waals surface area contributed by atoms with E-state index in [4.69, 9.17) is 0 Å². The summed E-state index contributed by atoms with van der Waals surface area (Å²) in [4.78, 5) is 26.5. The van der Waals surface area contributed by atoms with Crippen LogP contribution in [0.25, 0.3) is 0 Å². The number of para-hydroxylation sites is 1. The number of benzene rings is 1. The average Bonchev–Trinajstić information content (AvgIpc) is 2.82. The van der Waals surface area contributed by atoms with E-state index in [1.54, 1.807) is 4.90 Å². The van der Waals surface area contributed by atoms with Crippen LogP contribution in [-0.4, -0.2) is 24.4 Å². The first kappa shape index (κ1) is 15.1. The highest BCUT2D eigenvalue weighted by Crippen LogP contribution is 2.26. The van der Waals surface area contributed by atoms with Gasteiger partial charge in [-0.05, 0) is 37.3 Å². The molecule has 1 N–H and O–H groups in total. The van der Waals surface area contributed by atoms with Gasteiger partial charge in [-0.2, -0.15) is 0 Å². The minimum absolute atomic E-state index is 0.166. The Balaban J connectivity index is 1.67. The van der Waals surface area contributed by atoms with Gasteiger partial charge in [-0.3, -0.25) is 9.59 Å². The van der Waals surface area contributed by atoms with Crippen molar-refractivity contribution in [2.75, 3.05) is 11.4 Å². The van der Waals surface area contributed by atoms with Crippen molar-refractivity contribution in [2.45, 2.75) is 57.4 Å². The second kappa shape index (κ2) is 6.95. The SMILES string of the molecule is O=C(NC1CCCCCC1)C(=O)N1CCCc2ccccc21. The Morgan fingerprint density at radius 1 is 1.00 bits per heavy atom. The molecule has 0 bridgehead atoms. The summed E-state index contributed by atoms with van der Waals surface area (Å²) in [7, 11) is 0. The lowest BCUT2D eigenvalue weighted by molar-refractivity contribution is -0.138. The molecule has 0 spiro atoms. The lowest BCUT2D eigenvalue weighted by Crippen LogP contribution is -2.48. The lowest BCUT2D eigenvalue weighted by atomic mass is 10.0. The second-order valence-electron chi connectivity index (χ2n) is 6.35. The van der Waals surface area contributed by atoms with E-state index >= 15 is 0 Å². The van der Waals surface area contributed by atoms with E-state index in [-0.39, 0.29) is 6.04 Å². The van der Waals surface area contributed by atoms with Crippen LogP contribution < -0.4 is 10.2 Å². The molecular formula is C18H24N2O2. The summed E-state index contributed by atoms with van der Waals surface area (Å²) in [6.07, 6.45) is 8.64. The Morgan fingerprint density at radius 2 is 1.73 bits per heavy atom. The number of hydrogen-bond acceptors (Lipinski definition) is 2. The third-order valence-corrected chi connectivity index (χ3v) is 4.74. The van der Waals surface area contributed by atoms with Gasteiger partial charge in [0.25, 0.3) is 0 Å². The number of fused-ring (bicyclic) bond motifs is 1. The first-order chi connectivity index (χ1) is 10.8. The Hall–Kier alpha value is -1.84. The van der Waals surface area contributed by atoms with Crippen LogP contribution in [0.5, 0.6) is 0 Å². The van der Waals surface area contributed by atoms with E-state index in [9.17, 15) is 9.59 Å². The van der Waals surface area contributed by atoms with E-state index < -0.39 is 11.8 Å². The predicted octanol–water partition coefficient (Wildman–Crippen LogP) is 2.80. The molecule has 1 heterocycles. The van der Waals surface area contributed by atoms with E-state index in [2.05, 4.69) is 5.32 Å². The molecule has 1 aliphatic heterocycles. The van der Waals surface area contributed by atoms with Gasteiger partial charge in [0.2, 0.25) is 0 Å². The summed E-state index contributed by atoms with van der Waals surface area (Å²) in [5.74, 6) is -0.847. The van der Waals surface area contributed by atoms with Crippen molar-refractivity contribution in [2.24, 2.45) is 0 Å². The zero-order chi connectivity index (χ0) is 15.4. The third-order valence-electron chi connectivity index (χ3n) is 4.74. The van der Waals surface area contributed by atoms with Crippen molar-refractivity contribution in [1.29, 1.82) is 0 Å². The number of rotatable bonds is 1. The summed E-state index contributed by atoms with van der Waals surface area (Å²) in [5.41, 5.74) is 2.05. The monoisotopic (exact) mass is 300 g/mol. The van der Waals surface area contributed by atoms with Crippen LogP contribution in [0.1, 0.15) is 50.5 Å². The van der Waals surface area contributed by atoms with Gasteiger partial charge < -0.3 is 10.2 Å². The van der Waals surface area contributed by atoms with Crippen LogP contribution in [0, 0.1) is 0 Å². The lowest BCUT2D eigenvalue weighted by Gasteiger charge is -2.29.